The predicted octanol–water partition coefficient (Wildman–Crippen LogP) is 3.34. The van der Waals surface area contributed by atoms with Crippen LogP contribution in [0.5, 0.6) is 0 Å². The van der Waals surface area contributed by atoms with Gasteiger partial charge in [0.1, 0.15) is 0 Å². The molecule has 1 unspecified atom stereocenters. The van der Waals surface area contributed by atoms with E-state index in [1.54, 1.807) is 6.92 Å². The molecule has 1 N–H and O–H groups in total. The van der Waals surface area contributed by atoms with Crippen LogP contribution in [-0.4, -0.2) is 17.5 Å². The van der Waals surface area contributed by atoms with Gasteiger partial charge in [0.15, 0.2) is 5.79 Å². The van der Waals surface area contributed by atoms with Gasteiger partial charge in [-0.2, -0.15) is 0 Å². The number of hydrogen-bond donors (Lipinski definition) is 1. The van der Waals surface area contributed by atoms with Crippen LogP contribution >= 0.6 is 0 Å². The lowest BCUT2D eigenvalue weighted by Crippen LogP contribution is -2.38. The third-order valence-electron chi connectivity index (χ3n) is 2.80. The molecule has 14 heavy (non-hydrogen) atoms. The molecule has 0 amide bonds. The Hall–Kier alpha value is -0.0800. The molecule has 0 aromatic heterocycles. The number of aliphatic hydroxyl groups is 1. The molecule has 1 saturated carbocycles. The van der Waals surface area contributed by atoms with E-state index in [9.17, 15) is 5.11 Å². The van der Waals surface area contributed by atoms with Crippen molar-refractivity contribution < 1.29 is 9.84 Å². The van der Waals surface area contributed by atoms with Crippen LogP contribution in [-0.2, 0) is 4.74 Å². The minimum atomic E-state index is -0.880. The molecule has 0 aromatic rings. The summed E-state index contributed by atoms with van der Waals surface area (Å²) >= 11 is 0. The zero-order chi connectivity index (χ0) is 11.0. The van der Waals surface area contributed by atoms with Crippen molar-refractivity contribution in [2.45, 2.75) is 65.6 Å². The highest BCUT2D eigenvalue weighted by molar-refractivity contribution is 4.76. The molecular formula is C12H26O2. The van der Waals surface area contributed by atoms with Crippen molar-refractivity contribution in [3.05, 3.63) is 0 Å². The van der Waals surface area contributed by atoms with Gasteiger partial charge < -0.3 is 9.84 Å². The molecule has 0 aromatic carbocycles. The van der Waals surface area contributed by atoms with Gasteiger partial charge in [0, 0.05) is 12.5 Å². The van der Waals surface area contributed by atoms with E-state index in [4.69, 9.17) is 4.74 Å². The van der Waals surface area contributed by atoms with Gasteiger partial charge in [0.2, 0.25) is 0 Å². The first-order valence-corrected chi connectivity index (χ1v) is 6.03. The highest BCUT2D eigenvalue weighted by atomic mass is 16.6. The highest BCUT2D eigenvalue weighted by Crippen LogP contribution is 2.33. The summed E-state index contributed by atoms with van der Waals surface area (Å²) in [6, 6.07) is 0. The summed E-state index contributed by atoms with van der Waals surface area (Å²) in [6.45, 7) is 8.33. The maximum absolute atomic E-state index is 9.92. The number of rotatable bonds is 3. The summed E-state index contributed by atoms with van der Waals surface area (Å²) in [5, 5.41) is 9.92. The van der Waals surface area contributed by atoms with Crippen LogP contribution in [0.25, 0.3) is 0 Å². The zero-order valence-electron chi connectivity index (χ0n) is 10.2. The minimum Gasteiger partial charge on any atom is -0.365 e. The second-order valence-corrected chi connectivity index (χ2v) is 3.82. The lowest BCUT2D eigenvalue weighted by Gasteiger charge is -2.34. The summed E-state index contributed by atoms with van der Waals surface area (Å²) in [7, 11) is 0. The Balaban J connectivity index is 0.000000791. The molecule has 0 aliphatic heterocycles. The summed E-state index contributed by atoms with van der Waals surface area (Å²) in [5.74, 6) is -0.527. The lowest BCUT2D eigenvalue weighted by molar-refractivity contribution is -0.226. The van der Waals surface area contributed by atoms with Crippen LogP contribution in [0.3, 0.4) is 0 Å². The molecule has 1 rings (SSSR count). The third kappa shape index (κ3) is 4.43. The molecule has 0 spiro atoms. The van der Waals surface area contributed by atoms with Crippen LogP contribution in [0, 0.1) is 5.92 Å². The Kier molecular flexibility index (Phi) is 7.20. The fourth-order valence-electron chi connectivity index (χ4n) is 2.05. The monoisotopic (exact) mass is 202 g/mol. The predicted molar refractivity (Wildman–Crippen MR) is 60.2 cm³/mol. The first-order valence-electron chi connectivity index (χ1n) is 6.03. The quantitative estimate of drug-likeness (QED) is 0.711. The van der Waals surface area contributed by atoms with Crippen LogP contribution < -0.4 is 0 Å². The van der Waals surface area contributed by atoms with Crippen molar-refractivity contribution in [2.24, 2.45) is 5.92 Å². The molecule has 0 radical (unpaired) electrons. The molecule has 2 nitrogen and oxygen atoms in total. The molecule has 0 saturated heterocycles. The van der Waals surface area contributed by atoms with E-state index in [-0.39, 0.29) is 0 Å². The van der Waals surface area contributed by atoms with Crippen LogP contribution in [0.2, 0.25) is 0 Å². The Labute approximate surface area is 88.7 Å². The van der Waals surface area contributed by atoms with Gasteiger partial charge in [-0.05, 0) is 26.7 Å². The molecule has 1 aliphatic carbocycles. The second-order valence-electron chi connectivity index (χ2n) is 3.82. The van der Waals surface area contributed by atoms with Crippen molar-refractivity contribution in [2.75, 3.05) is 6.61 Å². The number of hydrogen-bond acceptors (Lipinski definition) is 2. The zero-order valence-corrected chi connectivity index (χ0v) is 10.2. The van der Waals surface area contributed by atoms with E-state index in [0.717, 1.165) is 12.8 Å². The Morgan fingerprint density at radius 2 is 1.71 bits per heavy atom. The van der Waals surface area contributed by atoms with Crippen molar-refractivity contribution in [1.82, 2.24) is 0 Å². The first kappa shape index (κ1) is 13.9. The lowest BCUT2D eigenvalue weighted by atomic mass is 9.84. The van der Waals surface area contributed by atoms with Crippen molar-refractivity contribution in [3.8, 4) is 0 Å². The third-order valence-corrected chi connectivity index (χ3v) is 2.80. The molecule has 1 atom stereocenters. The van der Waals surface area contributed by atoms with Gasteiger partial charge in [-0.15, -0.1) is 0 Å². The van der Waals surface area contributed by atoms with E-state index in [2.05, 4.69) is 0 Å². The van der Waals surface area contributed by atoms with E-state index >= 15 is 0 Å². The molecular weight excluding hydrogens is 176 g/mol. The standard InChI is InChI=1S/C10H20O2.C2H6/c1-3-12-10(2,11)9-7-5-4-6-8-9;1-2/h9,11H,3-8H2,1-2H3;1-2H3. The van der Waals surface area contributed by atoms with Crippen LogP contribution in [0.15, 0.2) is 0 Å². The average molecular weight is 202 g/mol. The Bertz CT molecular complexity index is 126. The van der Waals surface area contributed by atoms with Gasteiger partial charge in [-0.1, -0.05) is 33.1 Å². The van der Waals surface area contributed by atoms with Crippen molar-refractivity contribution >= 4 is 0 Å². The Morgan fingerprint density at radius 3 is 2.14 bits per heavy atom. The van der Waals surface area contributed by atoms with E-state index < -0.39 is 5.79 Å². The smallest absolute Gasteiger partial charge is 0.165 e. The van der Waals surface area contributed by atoms with Crippen LogP contribution in [0.1, 0.15) is 59.8 Å². The van der Waals surface area contributed by atoms with Gasteiger partial charge in [0.05, 0.1) is 0 Å². The molecule has 2 heteroatoms. The Morgan fingerprint density at radius 1 is 1.21 bits per heavy atom. The summed E-state index contributed by atoms with van der Waals surface area (Å²) in [5.41, 5.74) is 0. The van der Waals surface area contributed by atoms with Crippen molar-refractivity contribution in [1.29, 1.82) is 0 Å². The highest BCUT2D eigenvalue weighted by Gasteiger charge is 2.32. The van der Waals surface area contributed by atoms with E-state index in [1.807, 2.05) is 20.8 Å². The number of ether oxygens (including phenoxy) is 1. The van der Waals surface area contributed by atoms with Crippen molar-refractivity contribution in [3.63, 3.8) is 0 Å². The topological polar surface area (TPSA) is 29.5 Å². The van der Waals surface area contributed by atoms with Gasteiger partial charge in [-0.25, -0.2) is 0 Å². The second kappa shape index (κ2) is 7.24. The summed E-state index contributed by atoms with van der Waals surface area (Å²) in [4.78, 5) is 0. The molecule has 1 aliphatic rings. The average Bonchev–Trinajstić information content (AvgIpc) is 2.22. The minimum absolute atomic E-state index is 0.353. The van der Waals surface area contributed by atoms with Gasteiger partial charge >= 0.3 is 0 Å². The van der Waals surface area contributed by atoms with Gasteiger partial charge in [-0.3, -0.25) is 0 Å². The maximum Gasteiger partial charge on any atom is 0.165 e. The SMILES string of the molecule is CC.CCOC(C)(O)C1CCCCC1. The molecule has 0 heterocycles. The van der Waals surface area contributed by atoms with Crippen LogP contribution in [0.4, 0.5) is 0 Å². The van der Waals surface area contributed by atoms with E-state index in [1.165, 1.54) is 19.3 Å². The summed E-state index contributed by atoms with van der Waals surface area (Å²) in [6.07, 6.45) is 6.04. The van der Waals surface area contributed by atoms with E-state index in [0.29, 0.717) is 12.5 Å². The molecule has 1 fully saturated rings. The first-order chi connectivity index (χ1) is 6.67. The summed E-state index contributed by atoms with van der Waals surface area (Å²) < 4.78 is 5.32. The van der Waals surface area contributed by atoms with Gasteiger partial charge in [0.25, 0.3) is 0 Å². The molecule has 0 bridgehead atoms. The normalized spacial score (nSPS) is 22.1. The molecule has 86 valence electrons. The maximum atomic E-state index is 9.92. The fourth-order valence-corrected chi connectivity index (χ4v) is 2.05. The fraction of sp³-hybridized carbons (Fsp3) is 1.00. The largest absolute Gasteiger partial charge is 0.365 e.